The Morgan fingerprint density at radius 2 is 1.19 bits per heavy atom. The van der Waals surface area contributed by atoms with Gasteiger partial charge in [0, 0.05) is 38.9 Å². The second kappa shape index (κ2) is 11.8. The van der Waals surface area contributed by atoms with Gasteiger partial charge in [-0.2, -0.15) is 0 Å². The number of aryl methyl sites for hydroxylation is 2. The molecule has 0 amide bonds. The molecule has 1 aromatic heterocycles. The molecule has 0 atom stereocenters. The van der Waals surface area contributed by atoms with Crippen LogP contribution in [-0.2, 0) is 18.3 Å². The molecule has 54 heavy (non-hydrogen) atoms. The molecule has 0 N–H and O–H groups in total. The lowest BCUT2D eigenvalue weighted by Crippen LogP contribution is -2.17. The fourth-order valence-corrected chi connectivity index (χ4v) is 9.63. The van der Waals surface area contributed by atoms with E-state index in [1.807, 2.05) is 0 Å². The number of fused-ring (bicyclic) bond motifs is 8. The van der Waals surface area contributed by atoms with Gasteiger partial charge < -0.3 is 9.47 Å². The van der Waals surface area contributed by atoms with Crippen LogP contribution in [0.3, 0.4) is 0 Å². The molecule has 2 aliphatic carbocycles. The minimum absolute atomic E-state index is 0.159. The second-order valence-electron chi connectivity index (χ2n) is 15.7. The van der Waals surface area contributed by atoms with Crippen LogP contribution in [0.1, 0.15) is 42.5 Å². The average molecular weight is 693 g/mol. The van der Waals surface area contributed by atoms with E-state index in [4.69, 9.17) is 0 Å². The van der Waals surface area contributed by atoms with E-state index in [1.54, 1.807) is 0 Å². The van der Waals surface area contributed by atoms with E-state index < -0.39 is 0 Å². The van der Waals surface area contributed by atoms with Gasteiger partial charge >= 0.3 is 0 Å². The smallest absolute Gasteiger partial charge is 0.0541 e. The molecule has 258 valence electrons. The maximum Gasteiger partial charge on any atom is 0.0541 e. The van der Waals surface area contributed by atoms with Gasteiger partial charge in [0.25, 0.3) is 0 Å². The summed E-state index contributed by atoms with van der Waals surface area (Å²) in [6.07, 6.45) is 3.58. The molecule has 0 saturated carbocycles. The predicted octanol–water partition coefficient (Wildman–Crippen LogP) is 13.9. The molecule has 0 spiro atoms. The lowest BCUT2D eigenvalue weighted by molar-refractivity contribution is 0.660. The fraction of sp³-hybridized carbons (Fsp3) is 0.115. The van der Waals surface area contributed by atoms with Crippen molar-refractivity contribution < 1.29 is 0 Å². The first-order valence-electron chi connectivity index (χ1n) is 19.3. The summed E-state index contributed by atoms with van der Waals surface area (Å²) in [6, 6.07) is 63.5. The Morgan fingerprint density at radius 3 is 2.02 bits per heavy atom. The van der Waals surface area contributed by atoms with Crippen LogP contribution in [0.2, 0.25) is 0 Å². The van der Waals surface area contributed by atoms with E-state index in [0.29, 0.717) is 0 Å². The van der Waals surface area contributed by atoms with Gasteiger partial charge in [-0.1, -0.05) is 129 Å². The minimum Gasteiger partial charge on any atom is -0.310 e. The summed E-state index contributed by atoms with van der Waals surface area (Å²) in [4.78, 5) is 2.49. The van der Waals surface area contributed by atoms with Gasteiger partial charge in [0.2, 0.25) is 0 Å². The first-order chi connectivity index (χ1) is 26.5. The van der Waals surface area contributed by atoms with Crippen molar-refractivity contribution in [3.8, 4) is 27.9 Å². The molecule has 0 bridgehead atoms. The van der Waals surface area contributed by atoms with Gasteiger partial charge in [-0.15, -0.1) is 0 Å². The largest absolute Gasteiger partial charge is 0.310 e. The Morgan fingerprint density at radius 1 is 0.481 bits per heavy atom. The molecule has 2 nitrogen and oxygen atoms in total. The third-order valence-electron chi connectivity index (χ3n) is 12.3. The van der Waals surface area contributed by atoms with Crippen LogP contribution in [0, 0.1) is 0 Å². The lowest BCUT2D eigenvalue weighted by Gasteiger charge is -2.30. The SMILES string of the molecule is CC1(C)c2ccccc2-c2c(-c3ccc4c(c3)CCC4)cc(N(c3cccc(-n4c5ccccc5c5ccccc54)c3)c3ccc4ccccc4c3)cc21. The Kier molecular flexibility index (Phi) is 6.82. The molecule has 0 fully saturated rings. The number of para-hydroxylation sites is 2. The number of aromatic nitrogens is 1. The summed E-state index contributed by atoms with van der Waals surface area (Å²) in [5.74, 6) is 0. The quantitative estimate of drug-likeness (QED) is 0.174. The molecular formula is C52H40N2. The van der Waals surface area contributed by atoms with Gasteiger partial charge in [0.05, 0.1) is 11.0 Å². The number of anilines is 3. The zero-order valence-corrected chi connectivity index (χ0v) is 30.7. The maximum atomic E-state index is 2.49. The number of nitrogens with zero attached hydrogens (tertiary/aromatic N) is 2. The molecular weight excluding hydrogens is 653 g/mol. The fourth-order valence-electron chi connectivity index (χ4n) is 9.63. The van der Waals surface area contributed by atoms with Crippen molar-refractivity contribution in [3.05, 3.63) is 192 Å². The molecule has 9 aromatic rings. The highest BCUT2D eigenvalue weighted by Crippen LogP contribution is 2.55. The van der Waals surface area contributed by atoms with E-state index in [9.17, 15) is 0 Å². The highest BCUT2D eigenvalue weighted by Gasteiger charge is 2.38. The summed E-state index contributed by atoms with van der Waals surface area (Å²) in [5, 5.41) is 5.00. The summed E-state index contributed by atoms with van der Waals surface area (Å²) < 4.78 is 2.42. The monoisotopic (exact) mass is 692 g/mol. The van der Waals surface area contributed by atoms with Crippen molar-refractivity contribution in [2.45, 2.75) is 38.5 Å². The summed E-state index contributed by atoms with van der Waals surface area (Å²) >= 11 is 0. The van der Waals surface area contributed by atoms with Gasteiger partial charge in [0.15, 0.2) is 0 Å². The van der Waals surface area contributed by atoms with Crippen molar-refractivity contribution in [1.29, 1.82) is 0 Å². The van der Waals surface area contributed by atoms with Crippen LogP contribution in [0.25, 0.3) is 60.5 Å². The van der Waals surface area contributed by atoms with Gasteiger partial charge in [-0.05, 0) is 129 Å². The van der Waals surface area contributed by atoms with Crippen molar-refractivity contribution >= 4 is 49.6 Å². The summed E-state index contributed by atoms with van der Waals surface area (Å²) in [5.41, 5.74) is 17.9. The van der Waals surface area contributed by atoms with E-state index >= 15 is 0 Å². The van der Waals surface area contributed by atoms with Gasteiger partial charge in [-0.25, -0.2) is 0 Å². The predicted molar refractivity (Wildman–Crippen MR) is 228 cm³/mol. The van der Waals surface area contributed by atoms with Crippen LogP contribution in [0.5, 0.6) is 0 Å². The molecule has 11 rings (SSSR count). The lowest BCUT2D eigenvalue weighted by atomic mass is 9.81. The van der Waals surface area contributed by atoms with Crippen LogP contribution >= 0.6 is 0 Å². The van der Waals surface area contributed by atoms with Crippen molar-refractivity contribution in [3.63, 3.8) is 0 Å². The normalized spacial score (nSPS) is 14.0. The molecule has 0 radical (unpaired) electrons. The van der Waals surface area contributed by atoms with E-state index in [2.05, 4.69) is 193 Å². The van der Waals surface area contributed by atoms with Crippen molar-refractivity contribution in [1.82, 2.24) is 4.57 Å². The zero-order chi connectivity index (χ0) is 36.0. The van der Waals surface area contributed by atoms with Gasteiger partial charge in [-0.3, -0.25) is 0 Å². The van der Waals surface area contributed by atoms with Crippen molar-refractivity contribution in [2.24, 2.45) is 0 Å². The number of hydrogen-bond acceptors (Lipinski definition) is 1. The first-order valence-corrected chi connectivity index (χ1v) is 19.3. The zero-order valence-electron chi connectivity index (χ0n) is 30.7. The third-order valence-corrected chi connectivity index (χ3v) is 12.3. The molecule has 0 unspecified atom stereocenters. The Labute approximate surface area is 316 Å². The van der Waals surface area contributed by atoms with E-state index in [-0.39, 0.29) is 5.41 Å². The summed E-state index contributed by atoms with van der Waals surface area (Å²) in [6.45, 7) is 4.80. The van der Waals surface area contributed by atoms with Crippen LogP contribution in [0.4, 0.5) is 17.1 Å². The Bertz CT molecular complexity index is 2910. The third kappa shape index (κ3) is 4.66. The Balaban J connectivity index is 1.19. The molecule has 8 aromatic carbocycles. The second-order valence-corrected chi connectivity index (χ2v) is 15.7. The van der Waals surface area contributed by atoms with E-state index in [1.165, 1.54) is 95.6 Å². The average Bonchev–Trinajstić information content (AvgIpc) is 3.89. The molecule has 1 heterocycles. The molecule has 0 aliphatic heterocycles. The van der Waals surface area contributed by atoms with Crippen LogP contribution in [0.15, 0.2) is 170 Å². The minimum atomic E-state index is -0.159. The molecule has 0 saturated heterocycles. The Hall–Kier alpha value is -6.38. The highest BCUT2D eigenvalue weighted by atomic mass is 15.1. The number of hydrogen-bond donors (Lipinski definition) is 0. The topological polar surface area (TPSA) is 8.17 Å². The first kappa shape index (κ1) is 31.2. The van der Waals surface area contributed by atoms with Crippen LogP contribution < -0.4 is 4.90 Å². The van der Waals surface area contributed by atoms with Gasteiger partial charge in [0.1, 0.15) is 0 Å². The highest BCUT2D eigenvalue weighted by molar-refractivity contribution is 6.09. The standard InChI is InChI=1S/C52H40N2/c1-52(2)47-22-8-5-21-45(47)51-46(38-26-25-35-15-11-16-36(35)29-38)32-42(33-48(51)52)53(41-28-27-34-13-3-4-14-37(34)30-41)39-17-12-18-40(31-39)54-49-23-9-6-19-43(49)44-20-7-10-24-50(44)54/h3-10,12-14,17-33H,11,15-16H2,1-2H3. The maximum absolute atomic E-state index is 2.49. The molecule has 2 heteroatoms. The van der Waals surface area contributed by atoms with E-state index in [0.717, 1.165) is 23.5 Å². The molecule has 2 aliphatic rings. The number of rotatable bonds is 5. The summed E-state index contributed by atoms with van der Waals surface area (Å²) in [7, 11) is 0. The number of benzene rings is 8. The van der Waals surface area contributed by atoms with Crippen molar-refractivity contribution in [2.75, 3.05) is 4.90 Å². The van der Waals surface area contributed by atoms with Crippen LogP contribution in [-0.4, -0.2) is 4.57 Å².